The van der Waals surface area contributed by atoms with Gasteiger partial charge in [0.05, 0.1) is 0 Å². The minimum atomic E-state index is 0.532. The van der Waals surface area contributed by atoms with Crippen LogP contribution < -0.4 is 10.6 Å². The van der Waals surface area contributed by atoms with Gasteiger partial charge in [0.2, 0.25) is 0 Å². The summed E-state index contributed by atoms with van der Waals surface area (Å²) in [6, 6.07) is 5.23. The van der Waals surface area contributed by atoms with Crippen LogP contribution in [0.5, 0.6) is 0 Å². The minimum Gasteiger partial charge on any atom is -0.356 e. The van der Waals surface area contributed by atoms with Gasteiger partial charge in [-0.15, -0.1) is 0 Å². The molecule has 6 heteroatoms. The zero-order valence-corrected chi connectivity index (χ0v) is 15.1. The molecule has 1 aliphatic carbocycles. The fourth-order valence-corrected chi connectivity index (χ4v) is 2.78. The van der Waals surface area contributed by atoms with Crippen molar-refractivity contribution in [3.63, 3.8) is 0 Å². The van der Waals surface area contributed by atoms with Gasteiger partial charge in [-0.1, -0.05) is 17.7 Å². The van der Waals surface area contributed by atoms with Crippen LogP contribution in [0, 0.1) is 0 Å². The molecule has 2 N–H and O–H groups in total. The van der Waals surface area contributed by atoms with Crippen molar-refractivity contribution >= 4 is 17.6 Å². The third kappa shape index (κ3) is 6.36. The number of nitrogens with one attached hydrogen (secondary N) is 2. The van der Waals surface area contributed by atoms with E-state index in [9.17, 15) is 0 Å². The molecular formula is C17H28ClN5. The van der Waals surface area contributed by atoms with E-state index in [4.69, 9.17) is 11.6 Å². The van der Waals surface area contributed by atoms with Gasteiger partial charge >= 0.3 is 0 Å². The first-order valence-corrected chi connectivity index (χ1v) is 8.78. The Kier molecular flexibility index (Phi) is 7.12. The molecule has 0 radical (unpaired) electrons. The van der Waals surface area contributed by atoms with Crippen molar-refractivity contribution in [2.75, 3.05) is 26.7 Å². The molecule has 1 saturated carbocycles. The van der Waals surface area contributed by atoms with Crippen LogP contribution in [0.1, 0.15) is 32.3 Å². The van der Waals surface area contributed by atoms with E-state index in [0.29, 0.717) is 11.2 Å². The fourth-order valence-electron chi connectivity index (χ4n) is 2.67. The molecule has 0 spiro atoms. The van der Waals surface area contributed by atoms with Crippen molar-refractivity contribution in [3.05, 3.63) is 29.0 Å². The molecule has 1 heterocycles. The summed E-state index contributed by atoms with van der Waals surface area (Å²) in [4.78, 5) is 10.9. The number of rotatable bonds is 8. The molecule has 5 nitrogen and oxygen atoms in total. The van der Waals surface area contributed by atoms with Crippen molar-refractivity contribution in [1.82, 2.24) is 20.5 Å². The van der Waals surface area contributed by atoms with Crippen LogP contribution in [-0.2, 0) is 6.42 Å². The molecule has 1 fully saturated rings. The van der Waals surface area contributed by atoms with E-state index in [1.165, 1.54) is 12.8 Å². The van der Waals surface area contributed by atoms with Crippen molar-refractivity contribution < 1.29 is 0 Å². The van der Waals surface area contributed by atoms with Gasteiger partial charge < -0.3 is 10.6 Å². The van der Waals surface area contributed by atoms with E-state index in [0.717, 1.165) is 43.6 Å². The van der Waals surface area contributed by atoms with Gasteiger partial charge in [-0.3, -0.25) is 9.89 Å². The second-order valence-corrected chi connectivity index (χ2v) is 6.61. The average Bonchev–Trinajstić information content (AvgIpc) is 3.36. The van der Waals surface area contributed by atoms with Gasteiger partial charge in [-0.25, -0.2) is 4.98 Å². The highest BCUT2D eigenvalue weighted by Gasteiger charge is 2.29. The van der Waals surface area contributed by atoms with Crippen LogP contribution in [0.15, 0.2) is 23.3 Å². The highest BCUT2D eigenvalue weighted by Crippen LogP contribution is 2.27. The smallest absolute Gasteiger partial charge is 0.191 e. The topological polar surface area (TPSA) is 52.6 Å². The molecule has 0 bridgehead atoms. The van der Waals surface area contributed by atoms with E-state index < -0.39 is 0 Å². The number of aliphatic imine (C=N–C) groups is 1. The van der Waals surface area contributed by atoms with E-state index in [2.05, 4.69) is 39.4 Å². The number of nitrogens with zero attached hydrogens (tertiary/aromatic N) is 3. The maximum atomic E-state index is 5.79. The highest BCUT2D eigenvalue weighted by molar-refractivity contribution is 6.29. The molecule has 0 saturated heterocycles. The molecule has 0 aromatic carbocycles. The maximum absolute atomic E-state index is 5.79. The molecule has 0 amide bonds. The largest absolute Gasteiger partial charge is 0.356 e. The van der Waals surface area contributed by atoms with E-state index in [-0.39, 0.29) is 0 Å². The molecule has 0 unspecified atom stereocenters. The van der Waals surface area contributed by atoms with Crippen LogP contribution in [0.25, 0.3) is 0 Å². The first-order valence-electron chi connectivity index (χ1n) is 8.41. The fraction of sp³-hybridized carbons (Fsp3) is 0.647. The molecule has 128 valence electrons. The summed E-state index contributed by atoms with van der Waals surface area (Å²) in [5, 5.41) is 7.27. The molecule has 1 aromatic heterocycles. The van der Waals surface area contributed by atoms with Crippen LogP contribution >= 0.6 is 11.6 Å². The Balaban J connectivity index is 1.66. The Bertz CT molecular complexity index is 494. The Morgan fingerprint density at radius 1 is 1.35 bits per heavy atom. The maximum Gasteiger partial charge on any atom is 0.191 e. The van der Waals surface area contributed by atoms with Crippen molar-refractivity contribution in [2.45, 2.75) is 45.2 Å². The lowest BCUT2D eigenvalue weighted by molar-refractivity contribution is 0.215. The minimum absolute atomic E-state index is 0.532. The number of pyridine rings is 1. The van der Waals surface area contributed by atoms with Crippen molar-refractivity contribution in [2.24, 2.45) is 4.99 Å². The van der Waals surface area contributed by atoms with Gasteiger partial charge in [-0.05, 0) is 44.7 Å². The lowest BCUT2D eigenvalue weighted by atomic mass is 10.2. The average molecular weight is 338 g/mol. The van der Waals surface area contributed by atoms with E-state index in [1.54, 1.807) is 7.05 Å². The summed E-state index contributed by atoms with van der Waals surface area (Å²) in [7, 11) is 1.81. The Morgan fingerprint density at radius 2 is 2.09 bits per heavy atom. The summed E-state index contributed by atoms with van der Waals surface area (Å²) in [6.07, 6.45) is 5.40. The van der Waals surface area contributed by atoms with Crippen molar-refractivity contribution in [3.8, 4) is 0 Å². The van der Waals surface area contributed by atoms with Crippen molar-refractivity contribution in [1.29, 1.82) is 0 Å². The molecule has 2 rings (SSSR count). The standard InChI is InChI=1S/C17H28ClN5/c1-13(2)23(15-5-6-15)11-10-21-17(19-3)20-9-8-14-4-7-16(18)22-12-14/h4,7,12-13,15H,5-6,8-11H2,1-3H3,(H2,19,20,21). The highest BCUT2D eigenvalue weighted by atomic mass is 35.5. The predicted octanol–water partition coefficient (Wildman–Crippen LogP) is 2.32. The molecular weight excluding hydrogens is 310 g/mol. The van der Waals surface area contributed by atoms with Gasteiger partial charge in [0.25, 0.3) is 0 Å². The molecule has 1 aromatic rings. The Morgan fingerprint density at radius 3 is 2.65 bits per heavy atom. The number of hydrogen-bond donors (Lipinski definition) is 2. The Hall–Kier alpha value is -1.33. The number of guanidine groups is 1. The first-order chi connectivity index (χ1) is 11.1. The van der Waals surface area contributed by atoms with Gasteiger partial charge in [0, 0.05) is 45.0 Å². The molecule has 23 heavy (non-hydrogen) atoms. The van der Waals surface area contributed by atoms with E-state index >= 15 is 0 Å². The lowest BCUT2D eigenvalue weighted by Gasteiger charge is -2.26. The summed E-state index contributed by atoms with van der Waals surface area (Å²) in [5.74, 6) is 0.853. The normalized spacial score (nSPS) is 15.3. The summed E-state index contributed by atoms with van der Waals surface area (Å²) < 4.78 is 0. The summed E-state index contributed by atoms with van der Waals surface area (Å²) in [6.45, 7) is 7.33. The van der Waals surface area contributed by atoms with Gasteiger partial charge in [0.1, 0.15) is 5.15 Å². The first kappa shape index (κ1) is 18.0. The van der Waals surface area contributed by atoms with Crippen LogP contribution in [0.3, 0.4) is 0 Å². The lowest BCUT2D eigenvalue weighted by Crippen LogP contribution is -2.44. The second kappa shape index (κ2) is 9.08. The van der Waals surface area contributed by atoms with Crippen LogP contribution in [0.4, 0.5) is 0 Å². The predicted molar refractivity (Wildman–Crippen MR) is 97.2 cm³/mol. The quantitative estimate of drug-likeness (QED) is 0.434. The summed E-state index contributed by atoms with van der Waals surface area (Å²) >= 11 is 5.79. The zero-order valence-electron chi connectivity index (χ0n) is 14.3. The molecule has 0 atom stereocenters. The van der Waals surface area contributed by atoms with Gasteiger partial charge in [-0.2, -0.15) is 0 Å². The second-order valence-electron chi connectivity index (χ2n) is 6.23. The third-order valence-corrected chi connectivity index (χ3v) is 4.28. The summed E-state index contributed by atoms with van der Waals surface area (Å²) in [5.41, 5.74) is 1.16. The molecule has 1 aliphatic rings. The molecule has 0 aliphatic heterocycles. The number of aromatic nitrogens is 1. The van der Waals surface area contributed by atoms with E-state index in [1.807, 2.05) is 18.3 Å². The van der Waals surface area contributed by atoms with Crippen LogP contribution in [0.2, 0.25) is 5.15 Å². The van der Waals surface area contributed by atoms with Crippen LogP contribution in [-0.4, -0.2) is 54.6 Å². The number of hydrogen-bond acceptors (Lipinski definition) is 3. The SMILES string of the molecule is CN=C(NCCc1ccc(Cl)nc1)NCCN(C(C)C)C1CC1. The van der Waals surface area contributed by atoms with Gasteiger partial charge in [0.15, 0.2) is 5.96 Å². The Labute approximate surface area is 144 Å². The monoisotopic (exact) mass is 337 g/mol. The third-order valence-electron chi connectivity index (χ3n) is 4.06. The zero-order chi connectivity index (χ0) is 16.7. The number of halogens is 1.